The second-order valence-electron chi connectivity index (χ2n) is 6.18. The molecule has 0 saturated carbocycles. The summed E-state index contributed by atoms with van der Waals surface area (Å²) in [5, 5.41) is 3.44. The summed E-state index contributed by atoms with van der Waals surface area (Å²) in [4.78, 5) is 18.2. The van der Waals surface area contributed by atoms with Crippen LogP contribution in [0.4, 0.5) is 0 Å². The number of carbonyl (C=O) groups is 1. The van der Waals surface area contributed by atoms with E-state index in [1.165, 1.54) is 7.11 Å². The largest absolute Gasteiger partial charge is 0.469 e. The van der Waals surface area contributed by atoms with Crippen molar-refractivity contribution in [3.8, 4) is 0 Å². The number of hydrogen-bond donors (Lipinski definition) is 1. The second kappa shape index (κ2) is 10.4. The molecule has 2 rings (SSSR count). The molecule has 0 atom stereocenters. The number of halogens is 1. The van der Waals surface area contributed by atoms with Crippen molar-refractivity contribution >= 4 is 35.9 Å². The van der Waals surface area contributed by atoms with Gasteiger partial charge in [0, 0.05) is 59.8 Å². The lowest BCUT2D eigenvalue weighted by molar-refractivity contribution is -0.146. The third kappa shape index (κ3) is 5.45. The van der Waals surface area contributed by atoms with Crippen molar-refractivity contribution in [3.05, 3.63) is 0 Å². The average molecular weight is 455 g/mol. The summed E-state index contributed by atoms with van der Waals surface area (Å²) in [6.45, 7) is 3.80. The molecule has 0 radical (unpaired) electrons. The van der Waals surface area contributed by atoms with Crippen molar-refractivity contribution in [2.45, 2.75) is 31.3 Å². The number of piperidine rings is 1. The zero-order chi connectivity index (χ0) is 16.7. The van der Waals surface area contributed by atoms with Crippen LogP contribution in [0.25, 0.3) is 0 Å². The molecule has 2 saturated heterocycles. The highest BCUT2D eigenvalue weighted by Gasteiger charge is 2.33. The van der Waals surface area contributed by atoms with Gasteiger partial charge in [0.05, 0.1) is 18.6 Å². The third-order valence-corrected chi connectivity index (χ3v) is 4.95. The van der Waals surface area contributed by atoms with E-state index in [1.54, 1.807) is 14.2 Å². The smallest absolute Gasteiger partial charge is 0.308 e. The maximum Gasteiger partial charge on any atom is 0.308 e. The predicted octanol–water partition coefficient (Wildman–Crippen LogP) is 1.26. The third-order valence-electron chi connectivity index (χ3n) is 4.95. The second-order valence-corrected chi connectivity index (χ2v) is 6.18. The zero-order valence-corrected chi connectivity index (χ0v) is 17.2. The number of aliphatic imine (C=N–C) groups is 1. The quantitative estimate of drug-likeness (QED) is 0.298. The highest BCUT2D eigenvalue weighted by Crippen LogP contribution is 2.24. The predicted molar refractivity (Wildman–Crippen MR) is 103 cm³/mol. The van der Waals surface area contributed by atoms with Gasteiger partial charge in [-0.2, -0.15) is 0 Å². The summed E-state index contributed by atoms with van der Waals surface area (Å²) < 4.78 is 16.0. The summed E-state index contributed by atoms with van der Waals surface area (Å²) in [6, 6.07) is 0. The summed E-state index contributed by atoms with van der Waals surface area (Å²) >= 11 is 0. The van der Waals surface area contributed by atoms with Crippen LogP contribution < -0.4 is 5.32 Å². The summed E-state index contributed by atoms with van der Waals surface area (Å²) in [7, 11) is 5.00. The lowest BCUT2D eigenvalue weighted by Gasteiger charge is -2.38. The molecule has 2 aliphatic heterocycles. The van der Waals surface area contributed by atoms with E-state index in [0.29, 0.717) is 0 Å². The summed E-state index contributed by atoms with van der Waals surface area (Å²) in [5.41, 5.74) is -0.182. The van der Waals surface area contributed by atoms with Gasteiger partial charge < -0.3 is 24.4 Å². The van der Waals surface area contributed by atoms with Crippen LogP contribution in [0.2, 0.25) is 0 Å². The van der Waals surface area contributed by atoms with E-state index in [4.69, 9.17) is 14.2 Å². The molecule has 7 nitrogen and oxygen atoms in total. The Morgan fingerprint density at radius 2 is 1.92 bits per heavy atom. The molecule has 0 unspecified atom stereocenters. The molecule has 0 aromatic carbocycles. The Morgan fingerprint density at radius 1 is 1.29 bits per heavy atom. The van der Waals surface area contributed by atoms with Gasteiger partial charge >= 0.3 is 5.97 Å². The van der Waals surface area contributed by atoms with Crippen LogP contribution in [0.15, 0.2) is 4.99 Å². The Hall–Kier alpha value is -0.610. The van der Waals surface area contributed by atoms with Crippen LogP contribution in [-0.2, 0) is 19.0 Å². The maximum atomic E-state index is 11.6. The van der Waals surface area contributed by atoms with Crippen molar-refractivity contribution in [2.24, 2.45) is 10.9 Å². The number of ether oxygens (including phenoxy) is 3. The number of carbonyl (C=O) groups excluding carboxylic acids is 1. The van der Waals surface area contributed by atoms with Crippen LogP contribution in [-0.4, -0.2) is 76.5 Å². The minimum Gasteiger partial charge on any atom is -0.469 e. The van der Waals surface area contributed by atoms with E-state index in [-0.39, 0.29) is 41.5 Å². The van der Waals surface area contributed by atoms with Gasteiger partial charge in [0.1, 0.15) is 0 Å². The van der Waals surface area contributed by atoms with Gasteiger partial charge in [-0.05, 0) is 12.8 Å². The molecule has 0 amide bonds. The highest BCUT2D eigenvalue weighted by molar-refractivity contribution is 14.0. The van der Waals surface area contributed by atoms with Gasteiger partial charge in [0.2, 0.25) is 0 Å². The molecular formula is C16H30IN3O4. The number of esters is 1. The van der Waals surface area contributed by atoms with Gasteiger partial charge in [0.25, 0.3) is 0 Å². The fourth-order valence-electron chi connectivity index (χ4n) is 3.26. The fourth-order valence-corrected chi connectivity index (χ4v) is 3.26. The van der Waals surface area contributed by atoms with E-state index in [2.05, 4.69) is 15.2 Å². The van der Waals surface area contributed by atoms with Gasteiger partial charge in [0.15, 0.2) is 5.96 Å². The highest BCUT2D eigenvalue weighted by atomic mass is 127. The first-order valence-corrected chi connectivity index (χ1v) is 8.30. The molecule has 8 heteroatoms. The number of likely N-dealkylation sites (tertiary alicyclic amines) is 1. The summed E-state index contributed by atoms with van der Waals surface area (Å²) in [5.74, 6) is 0.777. The SMILES string of the molecule is CN=C(NCC1(OC)CCOCC1)N1CCC(C(=O)OC)CC1.I. The fraction of sp³-hybridized carbons (Fsp3) is 0.875. The van der Waals surface area contributed by atoms with E-state index in [1.807, 2.05) is 0 Å². The van der Waals surface area contributed by atoms with Crippen molar-refractivity contribution < 1.29 is 19.0 Å². The van der Waals surface area contributed by atoms with Gasteiger partial charge in [-0.1, -0.05) is 0 Å². The van der Waals surface area contributed by atoms with Gasteiger partial charge in [-0.15, -0.1) is 24.0 Å². The number of hydrogen-bond acceptors (Lipinski definition) is 5. The van der Waals surface area contributed by atoms with Crippen molar-refractivity contribution in [3.63, 3.8) is 0 Å². The number of nitrogens with zero attached hydrogens (tertiary/aromatic N) is 2. The van der Waals surface area contributed by atoms with E-state index in [0.717, 1.165) is 64.5 Å². The summed E-state index contributed by atoms with van der Waals surface area (Å²) in [6.07, 6.45) is 3.38. The minimum atomic E-state index is -0.182. The standard InChI is InChI=1S/C16H29N3O4.HI/c1-17-15(18-12-16(22-3)6-10-23-11-7-16)19-8-4-13(5-9-19)14(20)21-2;/h13H,4-12H2,1-3H3,(H,17,18);1H. The molecule has 24 heavy (non-hydrogen) atoms. The number of guanidine groups is 1. The van der Waals surface area contributed by atoms with Crippen LogP contribution >= 0.6 is 24.0 Å². The maximum absolute atomic E-state index is 11.6. The van der Waals surface area contributed by atoms with Crippen molar-refractivity contribution in [1.29, 1.82) is 0 Å². The number of methoxy groups -OCH3 is 2. The average Bonchev–Trinajstić information content (AvgIpc) is 2.63. The molecule has 140 valence electrons. The Kier molecular flexibility index (Phi) is 9.28. The molecule has 0 aromatic heterocycles. The molecule has 2 aliphatic rings. The van der Waals surface area contributed by atoms with Gasteiger partial charge in [-0.3, -0.25) is 9.79 Å². The van der Waals surface area contributed by atoms with E-state index < -0.39 is 0 Å². The number of rotatable bonds is 4. The van der Waals surface area contributed by atoms with Crippen molar-refractivity contribution in [1.82, 2.24) is 10.2 Å². The van der Waals surface area contributed by atoms with Crippen LogP contribution in [0, 0.1) is 5.92 Å². The monoisotopic (exact) mass is 455 g/mol. The number of nitrogens with one attached hydrogen (secondary N) is 1. The normalized spacial score (nSPS) is 21.8. The first-order valence-electron chi connectivity index (χ1n) is 8.30. The molecule has 0 aromatic rings. The van der Waals surface area contributed by atoms with Crippen LogP contribution in [0.5, 0.6) is 0 Å². The molecular weight excluding hydrogens is 425 g/mol. The van der Waals surface area contributed by atoms with E-state index >= 15 is 0 Å². The lowest BCUT2D eigenvalue weighted by atomic mass is 9.94. The van der Waals surface area contributed by atoms with E-state index in [9.17, 15) is 4.79 Å². The molecule has 0 bridgehead atoms. The topological polar surface area (TPSA) is 72.4 Å². The van der Waals surface area contributed by atoms with Gasteiger partial charge in [-0.25, -0.2) is 0 Å². The molecule has 2 fully saturated rings. The Balaban J connectivity index is 0.00000288. The molecule has 2 heterocycles. The molecule has 0 aliphatic carbocycles. The van der Waals surface area contributed by atoms with Crippen LogP contribution in [0.1, 0.15) is 25.7 Å². The Morgan fingerprint density at radius 3 is 2.42 bits per heavy atom. The first-order chi connectivity index (χ1) is 11.1. The first kappa shape index (κ1) is 21.4. The Bertz CT molecular complexity index is 420. The lowest BCUT2D eigenvalue weighted by Crippen LogP contribution is -2.53. The van der Waals surface area contributed by atoms with Crippen LogP contribution in [0.3, 0.4) is 0 Å². The van der Waals surface area contributed by atoms with Crippen molar-refractivity contribution in [2.75, 3.05) is 54.1 Å². The Labute approximate surface area is 161 Å². The molecule has 1 N–H and O–H groups in total. The minimum absolute atomic E-state index is 0. The molecule has 0 spiro atoms. The zero-order valence-electron chi connectivity index (χ0n) is 14.9.